The Labute approximate surface area is 130 Å². The number of amides is 1. The molecule has 0 aliphatic carbocycles. The van der Waals surface area contributed by atoms with Crippen LogP contribution in [0.1, 0.15) is 11.1 Å². The Bertz CT molecular complexity index is 584. The van der Waals surface area contributed by atoms with Gasteiger partial charge in [0.2, 0.25) is 5.91 Å². The number of benzene rings is 2. The lowest BCUT2D eigenvalue weighted by atomic mass is 10.1. The average molecular weight is 301 g/mol. The second-order valence-electron chi connectivity index (χ2n) is 5.14. The maximum absolute atomic E-state index is 12.9. The number of hydrogen-bond donors (Lipinski definition) is 1. The van der Waals surface area contributed by atoms with Gasteiger partial charge in [0.1, 0.15) is 5.82 Å². The van der Waals surface area contributed by atoms with Crippen molar-refractivity contribution < 1.29 is 14.3 Å². The van der Waals surface area contributed by atoms with Crippen LogP contribution < -0.4 is 0 Å². The minimum atomic E-state index is -0.313. The van der Waals surface area contributed by atoms with Crippen LogP contribution in [0.15, 0.2) is 54.6 Å². The summed E-state index contributed by atoms with van der Waals surface area (Å²) in [4.78, 5) is 14.0. The van der Waals surface area contributed by atoms with Crippen LogP contribution in [0.5, 0.6) is 0 Å². The predicted octanol–water partition coefficient (Wildman–Crippen LogP) is 2.43. The van der Waals surface area contributed by atoms with Crippen molar-refractivity contribution in [1.29, 1.82) is 0 Å². The molecule has 0 saturated carbocycles. The molecule has 0 spiro atoms. The van der Waals surface area contributed by atoms with E-state index in [9.17, 15) is 9.18 Å². The van der Waals surface area contributed by atoms with Gasteiger partial charge >= 0.3 is 0 Å². The number of aliphatic hydroxyl groups is 1. The van der Waals surface area contributed by atoms with Gasteiger partial charge in [-0.15, -0.1) is 0 Å². The topological polar surface area (TPSA) is 40.5 Å². The van der Waals surface area contributed by atoms with Gasteiger partial charge in [0, 0.05) is 13.1 Å². The fraction of sp³-hybridized carbons (Fsp3) is 0.278. The zero-order valence-corrected chi connectivity index (χ0v) is 12.4. The molecule has 3 nitrogen and oxygen atoms in total. The van der Waals surface area contributed by atoms with Crippen molar-refractivity contribution in [2.24, 2.45) is 0 Å². The van der Waals surface area contributed by atoms with Crippen LogP contribution in [0.4, 0.5) is 4.39 Å². The number of rotatable bonds is 7. The zero-order valence-electron chi connectivity index (χ0n) is 12.4. The monoisotopic (exact) mass is 301 g/mol. The molecule has 1 amide bonds. The molecule has 4 heteroatoms. The van der Waals surface area contributed by atoms with Gasteiger partial charge in [-0.2, -0.15) is 0 Å². The van der Waals surface area contributed by atoms with Crippen molar-refractivity contribution >= 4 is 5.91 Å². The van der Waals surface area contributed by atoms with Crippen molar-refractivity contribution in [2.45, 2.75) is 12.8 Å². The molecule has 0 atom stereocenters. The van der Waals surface area contributed by atoms with Gasteiger partial charge < -0.3 is 10.0 Å². The smallest absolute Gasteiger partial charge is 0.227 e. The lowest BCUT2D eigenvalue weighted by Crippen LogP contribution is -2.36. The Kier molecular flexibility index (Phi) is 6.10. The molecule has 1 N–H and O–H groups in total. The van der Waals surface area contributed by atoms with Crippen molar-refractivity contribution in [3.63, 3.8) is 0 Å². The van der Waals surface area contributed by atoms with E-state index < -0.39 is 0 Å². The van der Waals surface area contributed by atoms with E-state index in [1.165, 1.54) is 12.1 Å². The van der Waals surface area contributed by atoms with Crippen LogP contribution in [0, 0.1) is 5.82 Å². The summed E-state index contributed by atoms with van der Waals surface area (Å²) in [5.41, 5.74) is 1.93. The highest BCUT2D eigenvalue weighted by atomic mass is 19.1. The van der Waals surface area contributed by atoms with E-state index in [1.54, 1.807) is 17.0 Å². The third-order valence-corrected chi connectivity index (χ3v) is 3.50. The van der Waals surface area contributed by atoms with Gasteiger partial charge in [-0.05, 0) is 29.7 Å². The zero-order chi connectivity index (χ0) is 15.8. The number of halogens is 1. The van der Waals surface area contributed by atoms with E-state index in [1.807, 2.05) is 30.3 Å². The number of hydrogen-bond acceptors (Lipinski definition) is 2. The molecule has 0 aliphatic rings. The van der Waals surface area contributed by atoms with E-state index >= 15 is 0 Å². The highest BCUT2D eigenvalue weighted by Crippen LogP contribution is 2.07. The molecule has 0 aliphatic heterocycles. The minimum absolute atomic E-state index is 0.0587. The lowest BCUT2D eigenvalue weighted by Gasteiger charge is -2.22. The number of carbonyl (C=O) groups excluding carboxylic acids is 1. The lowest BCUT2D eigenvalue weighted by molar-refractivity contribution is -0.131. The van der Waals surface area contributed by atoms with Crippen LogP contribution in [-0.2, 0) is 17.6 Å². The minimum Gasteiger partial charge on any atom is -0.395 e. The van der Waals surface area contributed by atoms with Crippen LogP contribution >= 0.6 is 0 Å². The Morgan fingerprint density at radius 3 is 2.27 bits per heavy atom. The van der Waals surface area contributed by atoms with Crippen molar-refractivity contribution in [2.75, 3.05) is 19.7 Å². The van der Waals surface area contributed by atoms with E-state index in [2.05, 4.69) is 0 Å². The van der Waals surface area contributed by atoms with Crippen LogP contribution in [0.3, 0.4) is 0 Å². The van der Waals surface area contributed by atoms with E-state index in [4.69, 9.17) is 5.11 Å². The van der Waals surface area contributed by atoms with Gasteiger partial charge in [-0.1, -0.05) is 42.5 Å². The molecule has 0 bridgehead atoms. The predicted molar refractivity (Wildman–Crippen MR) is 83.9 cm³/mol. The SMILES string of the molecule is O=C(Cc1ccc(F)cc1)N(CCO)CCc1ccccc1. The highest BCUT2D eigenvalue weighted by Gasteiger charge is 2.13. The first-order valence-electron chi connectivity index (χ1n) is 7.36. The number of carbonyl (C=O) groups is 1. The molecule has 0 unspecified atom stereocenters. The average Bonchev–Trinajstić information content (AvgIpc) is 2.54. The molecule has 2 aromatic carbocycles. The third-order valence-electron chi connectivity index (χ3n) is 3.50. The Balaban J connectivity index is 1.94. The molecule has 22 heavy (non-hydrogen) atoms. The Morgan fingerprint density at radius 1 is 0.955 bits per heavy atom. The van der Waals surface area contributed by atoms with Crippen LogP contribution in [0.2, 0.25) is 0 Å². The summed E-state index contributed by atoms with van der Waals surface area (Å²) in [7, 11) is 0. The standard InChI is InChI=1S/C18H20FNO2/c19-17-8-6-16(7-9-17)14-18(22)20(12-13-21)11-10-15-4-2-1-3-5-15/h1-9,21H,10-14H2. The van der Waals surface area contributed by atoms with E-state index in [-0.39, 0.29) is 24.8 Å². The first-order valence-corrected chi connectivity index (χ1v) is 7.36. The summed E-state index contributed by atoms with van der Waals surface area (Å²) in [6.07, 6.45) is 0.963. The second kappa shape index (κ2) is 8.29. The molecule has 116 valence electrons. The fourth-order valence-corrected chi connectivity index (χ4v) is 2.28. The summed E-state index contributed by atoms with van der Waals surface area (Å²) < 4.78 is 12.9. The maximum Gasteiger partial charge on any atom is 0.227 e. The number of nitrogens with zero attached hydrogens (tertiary/aromatic N) is 1. The van der Waals surface area contributed by atoms with Gasteiger partial charge in [-0.25, -0.2) is 4.39 Å². The fourth-order valence-electron chi connectivity index (χ4n) is 2.28. The molecule has 2 rings (SSSR count). The molecule has 2 aromatic rings. The molecule has 0 aromatic heterocycles. The van der Waals surface area contributed by atoms with Gasteiger partial charge in [-0.3, -0.25) is 4.79 Å². The molecule has 0 radical (unpaired) electrons. The van der Waals surface area contributed by atoms with Gasteiger partial charge in [0.25, 0.3) is 0 Å². The maximum atomic E-state index is 12.9. The second-order valence-corrected chi connectivity index (χ2v) is 5.14. The van der Waals surface area contributed by atoms with Crippen molar-refractivity contribution in [3.05, 3.63) is 71.5 Å². The molecule has 0 heterocycles. The van der Waals surface area contributed by atoms with E-state index in [0.29, 0.717) is 13.1 Å². The largest absolute Gasteiger partial charge is 0.395 e. The summed E-state index contributed by atoms with van der Waals surface area (Å²) in [5.74, 6) is -0.371. The first-order chi connectivity index (χ1) is 10.7. The van der Waals surface area contributed by atoms with Gasteiger partial charge in [0.05, 0.1) is 13.0 Å². The van der Waals surface area contributed by atoms with E-state index in [0.717, 1.165) is 17.5 Å². The normalized spacial score (nSPS) is 10.5. The van der Waals surface area contributed by atoms with Crippen LogP contribution in [-0.4, -0.2) is 35.6 Å². The molecular formula is C18H20FNO2. The van der Waals surface area contributed by atoms with Crippen molar-refractivity contribution in [1.82, 2.24) is 4.90 Å². The quantitative estimate of drug-likeness (QED) is 0.853. The third kappa shape index (κ3) is 4.97. The summed E-state index contributed by atoms with van der Waals surface area (Å²) in [6.45, 7) is 0.807. The highest BCUT2D eigenvalue weighted by molar-refractivity contribution is 5.78. The molecule has 0 saturated heterocycles. The molecular weight excluding hydrogens is 281 g/mol. The Morgan fingerprint density at radius 2 is 1.64 bits per heavy atom. The summed E-state index contributed by atoms with van der Waals surface area (Å²) >= 11 is 0. The van der Waals surface area contributed by atoms with Crippen LogP contribution in [0.25, 0.3) is 0 Å². The molecule has 0 fully saturated rings. The Hall–Kier alpha value is -2.20. The first kappa shape index (κ1) is 16.2. The summed E-state index contributed by atoms with van der Waals surface area (Å²) in [5, 5.41) is 9.14. The van der Waals surface area contributed by atoms with Crippen molar-refractivity contribution in [3.8, 4) is 0 Å². The van der Waals surface area contributed by atoms with Gasteiger partial charge in [0.15, 0.2) is 0 Å². The summed E-state index contributed by atoms with van der Waals surface area (Å²) in [6, 6.07) is 15.8. The number of aliphatic hydroxyl groups excluding tert-OH is 1.